The molecule has 1 aliphatic carbocycles. The SMILES string of the molecule is CC(C)/C=C/C(=O)NCC1CC1. The summed E-state index contributed by atoms with van der Waals surface area (Å²) < 4.78 is 0. The zero-order valence-corrected chi connectivity index (χ0v) is 7.84. The van der Waals surface area contributed by atoms with Crippen LogP contribution >= 0.6 is 0 Å². The maximum Gasteiger partial charge on any atom is 0.243 e. The lowest BCUT2D eigenvalue weighted by molar-refractivity contribution is -0.116. The molecule has 1 amide bonds. The van der Waals surface area contributed by atoms with Crippen LogP contribution in [-0.4, -0.2) is 12.5 Å². The Balaban J connectivity index is 2.09. The van der Waals surface area contributed by atoms with Crippen LogP contribution in [0, 0.1) is 11.8 Å². The Morgan fingerprint density at radius 3 is 2.75 bits per heavy atom. The van der Waals surface area contributed by atoms with Crippen LogP contribution in [-0.2, 0) is 4.79 Å². The first-order valence-electron chi connectivity index (χ1n) is 4.64. The van der Waals surface area contributed by atoms with Crippen LogP contribution in [0.5, 0.6) is 0 Å². The minimum Gasteiger partial charge on any atom is -0.352 e. The van der Waals surface area contributed by atoms with E-state index in [2.05, 4.69) is 19.2 Å². The van der Waals surface area contributed by atoms with Crippen molar-refractivity contribution in [3.05, 3.63) is 12.2 Å². The second-order valence-corrected chi connectivity index (χ2v) is 3.79. The molecule has 1 fully saturated rings. The van der Waals surface area contributed by atoms with Crippen molar-refractivity contribution in [1.29, 1.82) is 0 Å². The maximum absolute atomic E-state index is 11.1. The topological polar surface area (TPSA) is 29.1 Å². The monoisotopic (exact) mass is 167 g/mol. The molecule has 0 unspecified atom stereocenters. The highest BCUT2D eigenvalue weighted by Gasteiger charge is 2.20. The molecule has 0 bridgehead atoms. The molecule has 0 atom stereocenters. The summed E-state index contributed by atoms with van der Waals surface area (Å²) in [6.45, 7) is 4.98. The van der Waals surface area contributed by atoms with Crippen LogP contribution in [0.4, 0.5) is 0 Å². The third-order valence-electron chi connectivity index (χ3n) is 1.89. The molecule has 0 aliphatic heterocycles. The van der Waals surface area contributed by atoms with Crippen LogP contribution in [0.25, 0.3) is 0 Å². The highest BCUT2D eigenvalue weighted by Crippen LogP contribution is 2.27. The molecule has 12 heavy (non-hydrogen) atoms. The van der Waals surface area contributed by atoms with Gasteiger partial charge in [-0.25, -0.2) is 0 Å². The molecule has 0 aromatic rings. The van der Waals surface area contributed by atoms with Crippen LogP contribution in [0.15, 0.2) is 12.2 Å². The predicted octanol–water partition coefficient (Wildman–Crippen LogP) is 1.72. The summed E-state index contributed by atoms with van der Waals surface area (Å²) in [5, 5.41) is 2.87. The Morgan fingerprint density at radius 2 is 2.25 bits per heavy atom. The van der Waals surface area contributed by atoms with E-state index in [1.54, 1.807) is 6.08 Å². The predicted molar refractivity (Wildman–Crippen MR) is 49.7 cm³/mol. The lowest BCUT2D eigenvalue weighted by atomic mass is 10.2. The van der Waals surface area contributed by atoms with Gasteiger partial charge in [0, 0.05) is 6.54 Å². The van der Waals surface area contributed by atoms with Gasteiger partial charge in [-0.05, 0) is 30.8 Å². The van der Waals surface area contributed by atoms with Crippen molar-refractivity contribution in [3.8, 4) is 0 Å². The minimum absolute atomic E-state index is 0.0515. The smallest absolute Gasteiger partial charge is 0.243 e. The standard InChI is InChI=1S/C10H17NO/c1-8(2)3-6-10(12)11-7-9-4-5-9/h3,6,8-9H,4-5,7H2,1-2H3,(H,11,12)/b6-3+. The number of hydrogen-bond acceptors (Lipinski definition) is 1. The summed E-state index contributed by atoms with van der Waals surface area (Å²) in [4.78, 5) is 11.1. The molecule has 68 valence electrons. The van der Waals surface area contributed by atoms with Gasteiger partial charge in [0.05, 0.1) is 0 Å². The van der Waals surface area contributed by atoms with E-state index in [-0.39, 0.29) is 5.91 Å². The molecule has 1 rings (SSSR count). The molecule has 1 N–H and O–H groups in total. The lowest BCUT2D eigenvalue weighted by Gasteiger charge is -1.99. The number of amides is 1. The summed E-state index contributed by atoms with van der Waals surface area (Å²) in [5.41, 5.74) is 0. The van der Waals surface area contributed by atoms with Crippen LogP contribution in [0.1, 0.15) is 26.7 Å². The molecule has 0 radical (unpaired) electrons. The fourth-order valence-corrected chi connectivity index (χ4v) is 0.906. The van der Waals surface area contributed by atoms with Crippen LogP contribution in [0.3, 0.4) is 0 Å². The van der Waals surface area contributed by atoms with Crippen molar-refractivity contribution in [1.82, 2.24) is 5.32 Å². The number of carbonyl (C=O) groups excluding carboxylic acids is 1. The normalized spacial score (nSPS) is 17.2. The van der Waals surface area contributed by atoms with Gasteiger partial charge in [-0.15, -0.1) is 0 Å². The number of hydrogen-bond donors (Lipinski definition) is 1. The number of rotatable bonds is 4. The Kier molecular flexibility index (Phi) is 3.32. The summed E-state index contributed by atoms with van der Waals surface area (Å²) in [6.07, 6.45) is 6.12. The lowest BCUT2D eigenvalue weighted by Crippen LogP contribution is -2.23. The van der Waals surface area contributed by atoms with Crippen molar-refractivity contribution < 1.29 is 4.79 Å². The van der Waals surface area contributed by atoms with Gasteiger partial charge >= 0.3 is 0 Å². The fraction of sp³-hybridized carbons (Fsp3) is 0.700. The molecular weight excluding hydrogens is 150 g/mol. The molecule has 1 saturated carbocycles. The quantitative estimate of drug-likeness (QED) is 0.635. The average Bonchev–Trinajstić information content (AvgIpc) is 2.80. The summed E-state index contributed by atoms with van der Waals surface area (Å²) in [7, 11) is 0. The third kappa shape index (κ3) is 4.16. The first-order chi connectivity index (χ1) is 5.68. The number of allylic oxidation sites excluding steroid dienone is 1. The fourth-order valence-electron chi connectivity index (χ4n) is 0.906. The molecule has 0 aromatic carbocycles. The van der Waals surface area contributed by atoms with Crippen LogP contribution < -0.4 is 5.32 Å². The summed E-state index contributed by atoms with van der Waals surface area (Å²) in [6, 6.07) is 0. The van der Waals surface area contributed by atoms with Crippen molar-refractivity contribution >= 4 is 5.91 Å². The third-order valence-corrected chi connectivity index (χ3v) is 1.89. The van der Waals surface area contributed by atoms with Crippen LogP contribution in [0.2, 0.25) is 0 Å². The van der Waals surface area contributed by atoms with E-state index in [9.17, 15) is 4.79 Å². The van der Waals surface area contributed by atoms with E-state index in [0.717, 1.165) is 12.5 Å². The molecule has 2 nitrogen and oxygen atoms in total. The molecule has 0 aromatic heterocycles. The first kappa shape index (κ1) is 9.30. The molecule has 0 saturated heterocycles. The van der Waals surface area contributed by atoms with Gasteiger partial charge in [0.2, 0.25) is 5.91 Å². The van der Waals surface area contributed by atoms with Crippen molar-refractivity contribution in [2.24, 2.45) is 11.8 Å². The van der Waals surface area contributed by atoms with Crippen molar-refractivity contribution in [2.45, 2.75) is 26.7 Å². The maximum atomic E-state index is 11.1. The van der Waals surface area contributed by atoms with Gasteiger partial charge in [-0.3, -0.25) is 4.79 Å². The Bertz CT molecular complexity index is 180. The van der Waals surface area contributed by atoms with E-state index < -0.39 is 0 Å². The zero-order chi connectivity index (χ0) is 8.97. The second-order valence-electron chi connectivity index (χ2n) is 3.79. The van der Waals surface area contributed by atoms with Gasteiger partial charge in [0.1, 0.15) is 0 Å². The Labute approximate surface area is 74.0 Å². The first-order valence-corrected chi connectivity index (χ1v) is 4.64. The van der Waals surface area contributed by atoms with E-state index in [4.69, 9.17) is 0 Å². The van der Waals surface area contributed by atoms with Gasteiger partial charge in [0.25, 0.3) is 0 Å². The molecule has 2 heteroatoms. The second kappa shape index (κ2) is 4.29. The minimum atomic E-state index is 0.0515. The molecule has 1 aliphatic rings. The Hall–Kier alpha value is -0.790. The van der Waals surface area contributed by atoms with Crippen molar-refractivity contribution in [2.75, 3.05) is 6.54 Å². The van der Waals surface area contributed by atoms with E-state index in [1.165, 1.54) is 12.8 Å². The zero-order valence-electron chi connectivity index (χ0n) is 7.84. The molecule has 0 heterocycles. The highest BCUT2D eigenvalue weighted by molar-refractivity contribution is 5.87. The van der Waals surface area contributed by atoms with E-state index in [0.29, 0.717) is 5.92 Å². The summed E-state index contributed by atoms with van der Waals surface area (Å²) >= 11 is 0. The van der Waals surface area contributed by atoms with Crippen molar-refractivity contribution in [3.63, 3.8) is 0 Å². The summed E-state index contributed by atoms with van der Waals surface area (Å²) in [5.74, 6) is 1.27. The number of nitrogens with one attached hydrogen (secondary N) is 1. The van der Waals surface area contributed by atoms with E-state index in [1.807, 2.05) is 6.08 Å². The van der Waals surface area contributed by atoms with Gasteiger partial charge in [-0.2, -0.15) is 0 Å². The molecular formula is C10H17NO. The average molecular weight is 167 g/mol. The van der Waals surface area contributed by atoms with Gasteiger partial charge < -0.3 is 5.32 Å². The molecule has 0 spiro atoms. The Morgan fingerprint density at radius 1 is 1.58 bits per heavy atom. The highest BCUT2D eigenvalue weighted by atomic mass is 16.1. The van der Waals surface area contributed by atoms with Gasteiger partial charge in [0.15, 0.2) is 0 Å². The number of carbonyl (C=O) groups is 1. The van der Waals surface area contributed by atoms with Gasteiger partial charge in [-0.1, -0.05) is 19.9 Å². The van der Waals surface area contributed by atoms with E-state index >= 15 is 0 Å². The largest absolute Gasteiger partial charge is 0.352 e.